The molecule has 2 aromatic rings. The van der Waals surface area contributed by atoms with Crippen LogP contribution in [0.15, 0.2) is 42.4 Å². The quantitative estimate of drug-likeness (QED) is 0.824. The van der Waals surface area contributed by atoms with E-state index in [0.29, 0.717) is 0 Å². The number of hydrogen-bond acceptors (Lipinski definition) is 6. The Labute approximate surface area is 167 Å². The van der Waals surface area contributed by atoms with Crippen LogP contribution in [0.3, 0.4) is 0 Å². The van der Waals surface area contributed by atoms with Crippen LogP contribution < -0.4 is 5.73 Å². The number of para-hydroxylation sites is 2. The first-order valence-electron chi connectivity index (χ1n) is 10.0. The Hall–Kier alpha value is -2.62. The fourth-order valence-corrected chi connectivity index (χ4v) is 3.98. The third-order valence-corrected chi connectivity index (χ3v) is 5.34. The SMILES string of the molecule is CC#CCN1CN(Cc2cnc3ccccc3n2)CC=C1N1CCC[C@@H](N)C1. The van der Waals surface area contributed by atoms with Gasteiger partial charge < -0.3 is 15.5 Å². The topological polar surface area (TPSA) is 61.5 Å². The third-order valence-electron chi connectivity index (χ3n) is 5.34. The molecule has 28 heavy (non-hydrogen) atoms. The lowest BCUT2D eigenvalue weighted by molar-refractivity contribution is 0.101. The van der Waals surface area contributed by atoms with E-state index in [1.807, 2.05) is 37.4 Å². The molecular weight excluding hydrogens is 348 g/mol. The minimum atomic E-state index is 0.264. The molecule has 1 aromatic heterocycles. The van der Waals surface area contributed by atoms with E-state index in [4.69, 9.17) is 10.7 Å². The van der Waals surface area contributed by atoms with Crippen LogP contribution in [-0.4, -0.2) is 63.6 Å². The van der Waals surface area contributed by atoms with E-state index in [-0.39, 0.29) is 6.04 Å². The number of likely N-dealkylation sites (tertiary alicyclic amines) is 1. The molecule has 1 atom stereocenters. The fourth-order valence-electron chi connectivity index (χ4n) is 3.98. The van der Waals surface area contributed by atoms with Gasteiger partial charge in [-0.2, -0.15) is 0 Å². The summed E-state index contributed by atoms with van der Waals surface area (Å²) in [6, 6.07) is 8.27. The van der Waals surface area contributed by atoms with Crippen molar-refractivity contribution in [2.75, 3.05) is 32.8 Å². The number of nitrogens with two attached hydrogens (primary N) is 1. The molecule has 2 N–H and O–H groups in total. The van der Waals surface area contributed by atoms with Gasteiger partial charge in [0.2, 0.25) is 0 Å². The first kappa shape index (κ1) is 18.7. The van der Waals surface area contributed by atoms with Crippen molar-refractivity contribution in [2.24, 2.45) is 5.73 Å². The van der Waals surface area contributed by atoms with E-state index in [1.165, 1.54) is 5.82 Å². The summed E-state index contributed by atoms with van der Waals surface area (Å²) < 4.78 is 0. The molecular formula is C22H28N6. The number of benzene rings is 1. The summed E-state index contributed by atoms with van der Waals surface area (Å²) in [5, 5.41) is 0. The van der Waals surface area contributed by atoms with E-state index >= 15 is 0 Å². The summed E-state index contributed by atoms with van der Waals surface area (Å²) in [6.07, 6.45) is 6.47. The van der Waals surface area contributed by atoms with Crippen LogP contribution in [0.1, 0.15) is 25.5 Å². The van der Waals surface area contributed by atoms with Crippen molar-refractivity contribution in [3.63, 3.8) is 0 Å². The Morgan fingerprint density at radius 1 is 1.25 bits per heavy atom. The van der Waals surface area contributed by atoms with Gasteiger partial charge in [-0.25, -0.2) is 4.98 Å². The Bertz CT molecular complexity index is 912. The summed E-state index contributed by atoms with van der Waals surface area (Å²) in [7, 11) is 0. The van der Waals surface area contributed by atoms with Crippen molar-refractivity contribution in [1.29, 1.82) is 0 Å². The number of fused-ring (bicyclic) bond motifs is 1. The maximum absolute atomic E-state index is 6.21. The highest BCUT2D eigenvalue weighted by Gasteiger charge is 2.26. The Morgan fingerprint density at radius 3 is 2.93 bits per heavy atom. The van der Waals surface area contributed by atoms with E-state index in [1.54, 1.807) is 0 Å². The molecule has 2 aliphatic heterocycles. The van der Waals surface area contributed by atoms with Crippen LogP contribution in [0, 0.1) is 11.8 Å². The van der Waals surface area contributed by atoms with Gasteiger partial charge in [-0.3, -0.25) is 9.88 Å². The second kappa shape index (κ2) is 8.59. The van der Waals surface area contributed by atoms with Crippen LogP contribution in [0.2, 0.25) is 0 Å². The van der Waals surface area contributed by atoms with E-state index < -0.39 is 0 Å². The lowest BCUT2D eigenvalue weighted by atomic mass is 10.1. The van der Waals surface area contributed by atoms with Crippen LogP contribution in [-0.2, 0) is 6.54 Å². The molecule has 6 nitrogen and oxygen atoms in total. The Balaban J connectivity index is 1.50. The van der Waals surface area contributed by atoms with E-state index in [2.05, 4.69) is 37.6 Å². The molecule has 1 saturated heterocycles. The van der Waals surface area contributed by atoms with Gasteiger partial charge in [0.15, 0.2) is 0 Å². The van der Waals surface area contributed by atoms with Gasteiger partial charge >= 0.3 is 0 Å². The van der Waals surface area contributed by atoms with E-state index in [9.17, 15) is 0 Å². The van der Waals surface area contributed by atoms with Gasteiger partial charge in [-0.15, -0.1) is 5.92 Å². The molecule has 146 valence electrons. The van der Waals surface area contributed by atoms with Gasteiger partial charge in [0, 0.05) is 32.2 Å². The molecule has 0 unspecified atom stereocenters. The Morgan fingerprint density at radius 2 is 2.11 bits per heavy atom. The normalized spacial score (nSPS) is 20.6. The lowest BCUT2D eigenvalue weighted by Crippen LogP contribution is -2.50. The van der Waals surface area contributed by atoms with Gasteiger partial charge in [0.1, 0.15) is 5.82 Å². The summed E-state index contributed by atoms with van der Waals surface area (Å²) >= 11 is 0. The zero-order valence-corrected chi connectivity index (χ0v) is 16.5. The predicted molar refractivity (Wildman–Crippen MR) is 112 cm³/mol. The highest BCUT2D eigenvalue weighted by atomic mass is 15.4. The van der Waals surface area contributed by atoms with Crippen molar-refractivity contribution >= 4 is 11.0 Å². The number of piperidine rings is 1. The Kier molecular flexibility index (Phi) is 5.75. The zero-order chi connectivity index (χ0) is 19.3. The molecule has 0 spiro atoms. The number of nitrogens with zero attached hydrogens (tertiary/aromatic N) is 5. The minimum Gasteiger partial charge on any atom is -0.357 e. The van der Waals surface area contributed by atoms with Crippen LogP contribution in [0.4, 0.5) is 0 Å². The molecule has 0 aliphatic carbocycles. The molecule has 1 fully saturated rings. The third kappa shape index (κ3) is 4.27. The van der Waals surface area contributed by atoms with Crippen molar-refractivity contribution in [2.45, 2.75) is 32.4 Å². The lowest BCUT2D eigenvalue weighted by Gasteiger charge is -2.43. The van der Waals surface area contributed by atoms with Crippen LogP contribution >= 0.6 is 0 Å². The summed E-state index contributed by atoms with van der Waals surface area (Å²) in [6.45, 7) is 7.13. The smallest absolute Gasteiger partial charge is 0.103 e. The molecule has 0 saturated carbocycles. The number of aromatic nitrogens is 2. The first-order chi connectivity index (χ1) is 13.7. The highest BCUT2D eigenvalue weighted by molar-refractivity contribution is 5.73. The molecule has 0 bridgehead atoms. The summed E-state index contributed by atoms with van der Waals surface area (Å²) in [5.41, 5.74) is 9.10. The standard InChI is InChI=1S/C22H28N6/c1-2-3-11-28-17-26(13-10-22(28)27-12-6-7-18(23)15-27)16-19-14-24-20-8-4-5-9-21(20)25-19/h4-5,8-10,14,18H,6-7,11-13,15-17,23H2,1H3/t18-/m1/s1. The molecule has 0 amide bonds. The molecule has 4 rings (SSSR count). The van der Waals surface area contributed by atoms with E-state index in [0.717, 1.165) is 69.0 Å². The molecule has 1 aromatic carbocycles. The average Bonchev–Trinajstić information content (AvgIpc) is 2.72. The van der Waals surface area contributed by atoms with Gasteiger partial charge in [-0.05, 0) is 38.0 Å². The highest BCUT2D eigenvalue weighted by Crippen LogP contribution is 2.22. The minimum absolute atomic E-state index is 0.264. The fraction of sp³-hybridized carbons (Fsp3) is 0.455. The van der Waals surface area contributed by atoms with Crippen LogP contribution in [0.25, 0.3) is 11.0 Å². The van der Waals surface area contributed by atoms with Crippen molar-refractivity contribution in [3.05, 3.63) is 48.1 Å². The second-order valence-corrected chi connectivity index (χ2v) is 7.54. The van der Waals surface area contributed by atoms with Gasteiger partial charge in [0.25, 0.3) is 0 Å². The number of rotatable bonds is 4. The zero-order valence-electron chi connectivity index (χ0n) is 16.5. The maximum atomic E-state index is 6.21. The predicted octanol–water partition coefficient (Wildman–Crippen LogP) is 1.99. The maximum Gasteiger partial charge on any atom is 0.103 e. The number of hydrogen-bond donors (Lipinski definition) is 1. The second-order valence-electron chi connectivity index (χ2n) is 7.54. The largest absolute Gasteiger partial charge is 0.357 e. The molecule has 2 aliphatic rings. The van der Waals surface area contributed by atoms with Crippen LogP contribution in [0.5, 0.6) is 0 Å². The molecule has 3 heterocycles. The summed E-state index contributed by atoms with van der Waals surface area (Å²) in [4.78, 5) is 16.5. The van der Waals surface area contributed by atoms with Gasteiger partial charge in [-0.1, -0.05) is 18.1 Å². The van der Waals surface area contributed by atoms with Gasteiger partial charge in [0.05, 0.1) is 36.1 Å². The van der Waals surface area contributed by atoms with Crippen molar-refractivity contribution in [1.82, 2.24) is 24.7 Å². The van der Waals surface area contributed by atoms with Crippen molar-refractivity contribution in [3.8, 4) is 11.8 Å². The first-order valence-corrected chi connectivity index (χ1v) is 10.0. The summed E-state index contributed by atoms with van der Waals surface area (Å²) in [5.74, 6) is 7.53. The molecule has 0 radical (unpaired) electrons. The van der Waals surface area contributed by atoms with Crippen molar-refractivity contribution < 1.29 is 0 Å². The molecule has 6 heteroatoms. The monoisotopic (exact) mass is 376 g/mol. The average molecular weight is 377 g/mol.